The van der Waals surface area contributed by atoms with E-state index in [1.165, 1.54) is 10.9 Å². The van der Waals surface area contributed by atoms with Gasteiger partial charge in [0.05, 0.1) is 5.69 Å². The molecular formula is C22H21NO. The minimum Gasteiger partial charge on any atom is -0.455 e. The Bertz CT molecular complexity index is 1010. The lowest BCUT2D eigenvalue weighted by molar-refractivity contribution is 0.410. The van der Waals surface area contributed by atoms with Crippen LogP contribution in [0.3, 0.4) is 0 Å². The number of fused-ring (bicyclic) bond motifs is 3. The summed E-state index contributed by atoms with van der Waals surface area (Å²) in [5.41, 5.74) is 5.41. The maximum absolute atomic E-state index is 6.38. The molecule has 2 aromatic heterocycles. The summed E-state index contributed by atoms with van der Waals surface area (Å²) in [5, 5.41) is 2.34. The van der Waals surface area contributed by atoms with E-state index >= 15 is 0 Å². The third kappa shape index (κ3) is 2.58. The molecule has 0 N–H and O–H groups in total. The maximum atomic E-state index is 6.38. The molecule has 0 saturated heterocycles. The van der Waals surface area contributed by atoms with Gasteiger partial charge >= 0.3 is 0 Å². The van der Waals surface area contributed by atoms with Gasteiger partial charge in [-0.25, -0.2) is 0 Å². The van der Waals surface area contributed by atoms with Gasteiger partial charge < -0.3 is 4.42 Å². The number of para-hydroxylation sites is 2. The summed E-state index contributed by atoms with van der Waals surface area (Å²) < 4.78 is 6.38. The van der Waals surface area contributed by atoms with Crippen LogP contribution in [0.15, 0.2) is 65.2 Å². The van der Waals surface area contributed by atoms with Crippen LogP contribution in [0.2, 0.25) is 0 Å². The van der Waals surface area contributed by atoms with Crippen molar-refractivity contribution in [2.75, 3.05) is 0 Å². The van der Waals surface area contributed by atoms with E-state index in [2.05, 4.69) is 62.2 Å². The van der Waals surface area contributed by atoms with Crippen molar-refractivity contribution in [3.8, 4) is 11.3 Å². The smallest absolute Gasteiger partial charge is 0.144 e. The van der Waals surface area contributed by atoms with Crippen LogP contribution < -0.4 is 0 Å². The van der Waals surface area contributed by atoms with Gasteiger partial charge in [-0.3, -0.25) is 4.98 Å². The molecule has 0 aliphatic carbocycles. The summed E-state index contributed by atoms with van der Waals surface area (Å²) in [6, 6.07) is 18.7. The lowest BCUT2D eigenvalue weighted by atomic mass is 9.87. The van der Waals surface area contributed by atoms with Crippen molar-refractivity contribution in [1.82, 2.24) is 4.98 Å². The Labute approximate surface area is 142 Å². The van der Waals surface area contributed by atoms with Crippen molar-refractivity contribution in [1.29, 1.82) is 0 Å². The van der Waals surface area contributed by atoms with E-state index in [0.29, 0.717) is 0 Å². The van der Waals surface area contributed by atoms with E-state index in [0.717, 1.165) is 34.2 Å². The van der Waals surface area contributed by atoms with Crippen LogP contribution in [0.4, 0.5) is 0 Å². The number of nitrogens with zero attached hydrogens (tertiary/aromatic N) is 1. The normalized spacial score (nSPS) is 12.1. The summed E-state index contributed by atoms with van der Waals surface area (Å²) in [7, 11) is 0. The number of benzene rings is 2. The number of hydrogen-bond acceptors (Lipinski definition) is 2. The minimum absolute atomic E-state index is 0.219. The predicted octanol–water partition coefficient (Wildman–Crippen LogP) is 6.24. The van der Waals surface area contributed by atoms with Gasteiger partial charge in [0.1, 0.15) is 11.2 Å². The highest BCUT2D eigenvalue weighted by molar-refractivity contribution is 6.10. The number of hydrogen-bond donors (Lipinski definition) is 0. The fraction of sp³-hybridized carbons (Fsp3) is 0.227. The molecule has 2 heterocycles. The summed E-state index contributed by atoms with van der Waals surface area (Å²) in [6.45, 7) is 6.77. The Hall–Kier alpha value is -2.61. The van der Waals surface area contributed by atoms with Crippen molar-refractivity contribution in [3.05, 3.63) is 66.4 Å². The molecule has 0 aliphatic rings. The first-order valence-corrected chi connectivity index (χ1v) is 8.37. The molecule has 120 valence electrons. The molecule has 2 aromatic carbocycles. The van der Waals surface area contributed by atoms with Gasteiger partial charge in [-0.1, -0.05) is 57.2 Å². The second kappa shape index (κ2) is 5.48. The fourth-order valence-electron chi connectivity index (χ4n) is 3.31. The molecule has 0 unspecified atom stereocenters. The summed E-state index contributed by atoms with van der Waals surface area (Å²) in [5.74, 6) is 0. The van der Waals surface area contributed by atoms with Gasteiger partial charge in [0, 0.05) is 22.5 Å². The third-order valence-corrected chi connectivity index (χ3v) is 4.27. The zero-order chi connectivity index (χ0) is 16.7. The topological polar surface area (TPSA) is 26.0 Å². The first-order valence-electron chi connectivity index (χ1n) is 8.37. The quantitative estimate of drug-likeness (QED) is 0.438. The molecule has 0 spiro atoms. The predicted molar refractivity (Wildman–Crippen MR) is 100 cm³/mol. The number of furan rings is 1. The molecule has 4 rings (SSSR count). The molecule has 2 heteroatoms. The first-order chi connectivity index (χ1) is 11.5. The van der Waals surface area contributed by atoms with Gasteiger partial charge in [0.2, 0.25) is 0 Å². The SMILES string of the molecule is CC(C)(C)Cc1cccc2c1oc1c(-c3ccccn3)cccc12. The van der Waals surface area contributed by atoms with Crippen molar-refractivity contribution in [2.45, 2.75) is 27.2 Å². The molecule has 0 bridgehead atoms. The molecule has 0 amide bonds. The van der Waals surface area contributed by atoms with Crippen molar-refractivity contribution in [3.63, 3.8) is 0 Å². The third-order valence-electron chi connectivity index (χ3n) is 4.27. The van der Waals surface area contributed by atoms with E-state index in [-0.39, 0.29) is 5.41 Å². The van der Waals surface area contributed by atoms with Gasteiger partial charge in [-0.15, -0.1) is 0 Å². The highest BCUT2D eigenvalue weighted by atomic mass is 16.3. The summed E-state index contributed by atoms with van der Waals surface area (Å²) in [4.78, 5) is 4.49. The van der Waals surface area contributed by atoms with E-state index in [1.807, 2.05) is 24.4 Å². The van der Waals surface area contributed by atoms with E-state index in [4.69, 9.17) is 4.42 Å². The van der Waals surface area contributed by atoms with Crippen molar-refractivity contribution >= 4 is 21.9 Å². The Morgan fingerprint density at radius 2 is 1.58 bits per heavy atom. The number of aromatic nitrogens is 1. The Morgan fingerprint density at radius 1 is 0.833 bits per heavy atom. The van der Waals surface area contributed by atoms with E-state index in [9.17, 15) is 0 Å². The highest BCUT2D eigenvalue weighted by Gasteiger charge is 2.18. The Balaban J connectivity index is 2.00. The second-order valence-electron chi connectivity index (χ2n) is 7.53. The number of rotatable bonds is 2. The van der Waals surface area contributed by atoms with Crippen LogP contribution in [0, 0.1) is 5.41 Å². The summed E-state index contributed by atoms with van der Waals surface area (Å²) >= 11 is 0. The van der Waals surface area contributed by atoms with Crippen LogP contribution in [0.25, 0.3) is 33.2 Å². The minimum atomic E-state index is 0.219. The zero-order valence-corrected chi connectivity index (χ0v) is 14.3. The summed E-state index contributed by atoms with van der Waals surface area (Å²) in [6.07, 6.45) is 2.81. The molecular weight excluding hydrogens is 294 g/mol. The molecule has 4 aromatic rings. The largest absolute Gasteiger partial charge is 0.455 e. The van der Waals surface area contributed by atoms with Crippen LogP contribution in [-0.2, 0) is 6.42 Å². The second-order valence-corrected chi connectivity index (χ2v) is 7.53. The van der Waals surface area contributed by atoms with Gasteiger partial charge in [0.15, 0.2) is 0 Å². The van der Waals surface area contributed by atoms with E-state index in [1.54, 1.807) is 0 Å². The molecule has 0 aliphatic heterocycles. The molecule has 0 atom stereocenters. The first kappa shape index (κ1) is 14.9. The van der Waals surface area contributed by atoms with Crippen LogP contribution in [0.1, 0.15) is 26.3 Å². The Morgan fingerprint density at radius 3 is 2.29 bits per heavy atom. The fourth-order valence-corrected chi connectivity index (χ4v) is 3.31. The average Bonchev–Trinajstić information content (AvgIpc) is 2.94. The van der Waals surface area contributed by atoms with E-state index < -0.39 is 0 Å². The van der Waals surface area contributed by atoms with Gasteiger partial charge in [-0.05, 0) is 35.6 Å². The van der Waals surface area contributed by atoms with Gasteiger partial charge in [0.25, 0.3) is 0 Å². The van der Waals surface area contributed by atoms with Crippen molar-refractivity contribution in [2.24, 2.45) is 5.41 Å². The average molecular weight is 315 g/mol. The Kier molecular flexibility index (Phi) is 3.42. The molecule has 2 nitrogen and oxygen atoms in total. The lowest BCUT2D eigenvalue weighted by Crippen LogP contribution is -2.09. The standard InChI is InChI=1S/C22H21NO/c1-22(2,3)14-15-8-6-9-16-17-10-7-11-18(21(17)24-20(15)16)19-12-4-5-13-23-19/h4-13H,14H2,1-3H3. The molecule has 0 saturated carbocycles. The maximum Gasteiger partial charge on any atom is 0.144 e. The molecule has 24 heavy (non-hydrogen) atoms. The highest BCUT2D eigenvalue weighted by Crippen LogP contribution is 2.37. The zero-order valence-electron chi connectivity index (χ0n) is 14.3. The van der Waals surface area contributed by atoms with Gasteiger partial charge in [-0.2, -0.15) is 0 Å². The van der Waals surface area contributed by atoms with Crippen LogP contribution in [0.5, 0.6) is 0 Å². The van der Waals surface area contributed by atoms with Crippen LogP contribution >= 0.6 is 0 Å². The molecule has 0 fully saturated rings. The monoisotopic (exact) mass is 315 g/mol. The van der Waals surface area contributed by atoms with Crippen molar-refractivity contribution < 1.29 is 4.42 Å². The lowest BCUT2D eigenvalue weighted by Gasteiger charge is -2.18. The van der Waals surface area contributed by atoms with Crippen LogP contribution in [-0.4, -0.2) is 4.98 Å². The number of pyridine rings is 1. The molecule has 0 radical (unpaired) electrons.